The lowest BCUT2D eigenvalue weighted by atomic mass is 10.1. The number of aryl methyl sites for hydroxylation is 1. The van der Waals surface area contributed by atoms with E-state index in [0.29, 0.717) is 69.8 Å². The number of fused-ring (bicyclic) bond motifs is 1. The number of piperazine rings is 1. The van der Waals surface area contributed by atoms with Crippen molar-refractivity contribution < 1.29 is 52.8 Å². The fourth-order valence-electron chi connectivity index (χ4n) is 6.93. The van der Waals surface area contributed by atoms with Gasteiger partial charge in [0.15, 0.2) is 23.0 Å². The first-order valence-electron chi connectivity index (χ1n) is 19.4. The molecule has 0 saturated carbocycles. The maximum Gasteiger partial charge on any atom is 0.416 e. The molecule has 0 aliphatic carbocycles. The first-order chi connectivity index (χ1) is 29.6. The molecule has 20 heteroatoms. The Bertz CT molecular complexity index is 2160. The van der Waals surface area contributed by atoms with Crippen LogP contribution in [0.4, 0.5) is 24.5 Å². The topological polar surface area (TPSA) is 226 Å². The van der Waals surface area contributed by atoms with Crippen molar-refractivity contribution in [3.8, 4) is 23.0 Å². The number of hydrogen-bond acceptors (Lipinski definition) is 12. The van der Waals surface area contributed by atoms with Gasteiger partial charge in [-0.15, -0.1) is 0 Å². The van der Waals surface area contributed by atoms with Crippen LogP contribution >= 0.6 is 23.5 Å². The first-order valence-corrected chi connectivity index (χ1v) is 20.6. The van der Waals surface area contributed by atoms with Crippen molar-refractivity contribution >= 4 is 59.6 Å². The molecule has 15 nitrogen and oxygen atoms in total. The number of phenolic OH excluding ortho intramolecular Hbond substituents is 4. The third-order valence-corrected chi connectivity index (χ3v) is 11.2. The molecule has 9 N–H and O–H groups in total. The minimum Gasteiger partial charge on any atom is -0.504 e. The Balaban J connectivity index is 0.00000133. The van der Waals surface area contributed by atoms with Gasteiger partial charge < -0.3 is 51.9 Å². The average molecular weight is 904 g/mol. The number of carbonyl (C=O) groups is 4. The quantitative estimate of drug-likeness (QED) is 0.0390. The van der Waals surface area contributed by atoms with Gasteiger partial charge in [0.05, 0.1) is 17.7 Å². The fourth-order valence-corrected chi connectivity index (χ4v) is 8.12. The minimum absolute atomic E-state index is 0.0566. The molecule has 4 aromatic carbocycles. The van der Waals surface area contributed by atoms with Gasteiger partial charge in [0.25, 0.3) is 5.91 Å². The number of rotatable bonds is 14. The zero-order chi connectivity index (χ0) is 45.4. The van der Waals surface area contributed by atoms with Crippen LogP contribution in [0, 0.1) is 0 Å². The van der Waals surface area contributed by atoms with E-state index in [1.165, 1.54) is 34.7 Å². The number of nitrogens with one attached hydrogen (secondary N) is 1. The molecule has 0 bridgehead atoms. The molecule has 1 fully saturated rings. The average Bonchev–Trinajstić information content (AvgIpc) is 3.63. The van der Waals surface area contributed by atoms with Gasteiger partial charge in [0.1, 0.15) is 0 Å². The second-order valence-corrected chi connectivity index (χ2v) is 15.6. The smallest absolute Gasteiger partial charge is 0.416 e. The summed E-state index contributed by atoms with van der Waals surface area (Å²) in [6.07, 6.45) is -1.70. The van der Waals surface area contributed by atoms with Crippen LogP contribution in [-0.4, -0.2) is 113 Å². The van der Waals surface area contributed by atoms with E-state index in [1.807, 2.05) is 11.0 Å². The molecule has 334 valence electrons. The molecule has 2 aliphatic heterocycles. The van der Waals surface area contributed by atoms with E-state index >= 15 is 0 Å². The molecule has 4 aromatic rings. The Morgan fingerprint density at radius 3 is 2.19 bits per heavy atom. The predicted molar refractivity (Wildman–Crippen MR) is 230 cm³/mol. The van der Waals surface area contributed by atoms with Crippen LogP contribution in [0.5, 0.6) is 23.0 Å². The predicted octanol–water partition coefficient (Wildman–Crippen LogP) is 4.86. The lowest BCUT2D eigenvalue weighted by Crippen LogP contribution is -2.43. The number of alkyl halides is 3. The van der Waals surface area contributed by atoms with Gasteiger partial charge >= 0.3 is 6.18 Å². The number of amides is 4. The second kappa shape index (κ2) is 23.2. The van der Waals surface area contributed by atoms with E-state index in [9.17, 15) is 43.2 Å². The molecule has 0 unspecified atom stereocenters. The number of nitrogens with zero attached hydrogens (tertiary/aromatic N) is 4. The van der Waals surface area contributed by atoms with Crippen molar-refractivity contribution in [2.45, 2.75) is 36.8 Å². The van der Waals surface area contributed by atoms with E-state index < -0.39 is 29.1 Å². The molecule has 62 heavy (non-hydrogen) atoms. The number of primary amides is 2. The van der Waals surface area contributed by atoms with Gasteiger partial charge in [-0.3, -0.25) is 19.2 Å². The normalized spacial score (nSPS) is 13.5. The highest BCUT2D eigenvalue weighted by Crippen LogP contribution is 2.37. The molecule has 2 heterocycles. The monoisotopic (exact) mass is 903 g/mol. The summed E-state index contributed by atoms with van der Waals surface area (Å²) in [5.74, 6) is -2.42. The molecular weight excluding hydrogens is 855 g/mol. The zero-order valence-corrected chi connectivity index (χ0v) is 35.1. The third-order valence-electron chi connectivity index (χ3n) is 9.88. The summed E-state index contributed by atoms with van der Waals surface area (Å²) < 4.78 is 42.2. The number of aromatic hydroxyl groups is 4. The number of hydrogen-bond donors (Lipinski definition) is 7. The van der Waals surface area contributed by atoms with Crippen LogP contribution in [0.2, 0.25) is 5.02 Å². The van der Waals surface area contributed by atoms with Crippen molar-refractivity contribution in [3.63, 3.8) is 0 Å². The lowest BCUT2D eigenvalue weighted by Gasteiger charge is -2.35. The highest BCUT2D eigenvalue weighted by molar-refractivity contribution is 7.97. The summed E-state index contributed by atoms with van der Waals surface area (Å²) in [7, 11) is 0. The molecule has 0 radical (unpaired) electrons. The molecule has 0 spiro atoms. The summed E-state index contributed by atoms with van der Waals surface area (Å²) in [5, 5.41) is 43.2. The Morgan fingerprint density at radius 1 is 0.855 bits per heavy atom. The maximum absolute atomic E-state index is 13.5. The summed E-state index contributed by atoms with van der Waals surface area (Å²) in [5.41, 5.74) is 10.7. The fraction of sp³-hybridized carbons (Fsp3) is 0.333. The highest BCUT2D eigenvalue weighted by atomic mass is 35.5. The molecule has 1 saturated heterocycles. The van der Waals surface area contributed by atoms with Gasteiger partial charge in [-0.2, -0.15) is 13.2 Å². The number of para-hydroxylation sites is 2. The molecule has 0 atom stereocenters. The minimum atomic E-state index is -4.47. The molecule has 2 aliphatic rings. The Morgan fingerprint density at radius 2 is 1.52 bits per heavy atom. The van der Waals surface area contributed by atoms with E-state index in [4.69, 9.17) is 21.2 Å². The number of phenols is 4. The van der Waals surface area contributed by atoms with E-state index in [0.717, 1.165) is 35.7 Å². The van der Waals surface area contributed by atoms with Crippen LogP contribution < -0.4 is 26.6 Å². The van der Waals surface area contributed by atoms with E-state index in [1.54, 1.807) is 30.1 Å². The third kappa shape index (κ3) is 13.7. The van der Waals surface area contributed by atoms with Crippen molar-refractivity contribution in [1.29, 1.82) is 0 Å². The number of halogens is 4. The molecule has 0 aromatic heterocycles. The van der Waals surface area contributed by atoms with Gasteiger partial charge in [0, 0.05) is 73.7 Å². The van der Waals surface area contributed by atoms with Crippen LogP contribution in [0.1, 0.15) is 39.9 Å². The number of anilines is 2. The van der Waals surface area contributed by atoms with Crippen LogP contribution in [0.25, 0.3) is 0 Å². The van der Waals surface area contributed by atoms with Crippen LogP contribution in [0.3, 0.4) is 0 Å². The van der Waals surface area contributed by atoms with E-state index in [-0.39, 0.29) is 53.9 Å². The number of carbonyl (C=O) groups excluding carboxylic acids is 4. The number of unbranched alkanes of at least 4 members (excludes halogenated alkanes) is 1. The second-order valence-electron chi connectivity index (χ2n) is 14.0. The Labute approximate surface area is 365 Å². The molecule has 4 amide bonds. The highest BCUT2D eigenvalue weighted by Gasteiger charge is 2.32. The Hall–Kier alpha value is -6.05. The van der Waals surface area contributed by atoms with Crippen molar-refractivity contribution in [2.75, 3.05) is 68.7 Å². The number of benzene rings is 4. The van der Waals surface area contributed by atoms with Gasteiger partial charge in [-0.1, -0.05) is 29.8 Å². The van der Waals surface area contributed by atoms with Crippen LogP contribution in [-0.2, 0) is 33.4 Å². The SMILES string of the molecule is NC=O.NC=O.O=C(CN(CCCCc1cccc(O)c1O)C(=O)c1cccc(O)c1O)NCCN1CCc2cc(SN3CCN(c4cc(Cl)cc(C(F)(F)F)c4)CC3)ccc21. The van der Waals surface area contributed by atoms with Crippen LogP contribution in [0.15, 0.2) is 77.7 Å². The van der Waals surface area contributed by atoms with Gasteiger partial charge in [-0.25, -0.2) is 4.31 Å². The van der Waals surface area contributed by atoms with Gasteiger partial charge in [-0.05, 0) is 103 Å². The lowest BCUT2D eigenvalue weighted by molar-refractivity contribution is -0.137. The summed E-state index contributed by atoms with van der Waals surface area (Å²) in [6, 6.07) is 18.7. The molecule has 6 rings (SSSR count). The number of nitrogens with two attached hydrogens (primary N) is 2. The largest absolute Gasteiger partial charge is 0.504 e. The summed E-state index contributed by atoms with van der Waals surface area (Å²) >= 11 is 7.63. The molecular formula is C42H49ClF3N7O8S. The summed E-state index contributed by atoms with van der Waals surface area (Å²) in [6.45, 7) is 3.97. The van der Waals surface area contributed by atoms with Gasteiger partial charge in [0.2, 0.25) is 18.7 Å². The van der Waals surface area contributed by atoms with E-state index in [2.05, 4.69) is 38.1 Å². The summed E-state index contributed by atoms with van der Waals surface area (Å²) in [4.78, 5) is 50.3. The zero-order valence-electron chi connectivity index (χ0n) is 33.6. The van der Waals surface area contributed by atoms with Crippen molar-refractivity contribution in [1.82, 2.24) is 14.5 Å². The van der Waals surface area contributed by atoms with Crippen molar-refractivity contribution in [3.05, 3.63) is 100 Å². The Kier molecular flexibility index (Phi) is 18.2. The van der Waals surface area contributed by atoms with Crippen molar-refractivity contribution in [2.24, 2.45) is 11.5 Å². The maximum atomic E-state index is 13.5. The first kappa shape index (κ1) is 48.6. The standard InChI is InChI=1S/C40H43ClF3N5O6S.2CH3NO/c41-29-22-28(40(42,43)44)23-30(24-29)46-17-19-49(20-18-46)56-31-10-11-33-27(21-31)12-15-47(33)16-13-45-36(52)25-48(39(55)32-7-4-9-35(51)38(32)54)14-2-1-5-26-6-3-8-34(50)37(26)53;2*2-1-3/h3-4,6-11,21-24,50-51,53-54H,1-2,5,12-20,25H2,(H,45,52);2*1H,(H2,2,3).